The highest BCUT2D eigenvalue weighted by molar-refractivity contribution is 5.98. The summed E-state index contributed by atoms with van der Waals surface area (Å²) in [5.74, 6) is 0.245. The van der Waals surface area contributed by atoms with Crippen LogP contribution < -0.4 is 21.5 Å². The Bertz CT molecular complexity index is 786. The zero-order valence-electron chi connectivity index (χ0n) is 13.9. The number of nitrogens with zero attached hydrogens (tertiary/aromatic N) is 2. The van der Waals surface area contributed by atoms with Crippen molar-refractivity contribution in [1.82, 2.24) is 15.1 Å². The minimum atomic E-state index is -0.370. The maximum Gasteiger partial charge on any atom is 0.260 e. The van der Waals surface area contributed by atoms with Gasteiger partial charge in [-0.2, -0.15) is 5.10 Å². The van der Waals surface area contributed by atoms with Gasteiger partial charge in [-0.15, -0.1) is 0 Å². The minimum Gasteiger partial charge on any atom is -0.496 e. The molecule has 24 heavy (non-hydrogen) atoms. The van der Waals surface area contributed by atoms with E-state index in [1.54, 1.807) is 22.9 Å². The molecule has 126 valence electrons. The Morgan fingerprint density at radius 2 is 2.12 bits per heavy atom. The number of hydrogen-bond acceptors (Lipinski definition) is 5. The second kappa shape index (κ2) is 7.36. The van der Waals surface area contributed by atoms with Crippen LogP contribution in [0.2, 0.25) is 0 Å². The fraction of sp³-hybridized carbons (Fsp3) is 0.176. The van der Waals surface area contributed by atoms with E-state index in [2.05, 4.69) is 10.4 Å². The first kappa shape index (κ1) is 17.1. The van der Waals surface area contributed by atoms with Gasteiger partial charge in [-0.1, -0.05) is 0 Å². The second-order valence-corrected chi connectivity index (χ2v) is 5.19. The SMILES string of the molecule is COc1cc(-n2cc(C)c(C)n2)ccc1C(=O)N/C(N)=C/C=C\N. The third-order valence-corrected chi connectivity index (χ3v) is 3.48. The number of carbonyl (C=O) groups excluding carboxylic acids is 1. The lowest BCUT2D eigenvalue weighted by Crippen LogP contribution is -2.27. The van der Waals surface area contributed by atoms with Gasteiger partial charge < -0.3 is 21.5 Å². The molecule has 1 heterocycles. The number of ether oxygens (including phenoxy) is 1. The van der Waals surface area contributed by atoms with Crippen molar-refractivity contribution in [2.45, 2.75) is 13.8 Å². The number of aryl methyl sites for hydroxylation is 2. The third-order valence-electron chi connectivity index (χ3n) is 3.48. The lowest BCUT2D eigenvalue weighted by Gasteiger charge is -2.11. The lowest BCUT2D eigenvalue weighted by molar-refractivity contribution is 0.0962. The number of aromatic nitrogens is 2. The Morgan fingerprint density at radius 1 is 1.38 bits per heavy atom. The number of carbonyl (C=O) groups is 1. The van der Waals surface area contributed by atoms with Crippen LogP contribution in [0.5, 0.6) is 5.75 Å². The maximum absolute atomic E-state index is 12.3. The van der Waals surface area contributed by atoms with E-state index >= 15 is 0 Å². The molecule has 0 atom stereocenters. The van der Waals surface area contributed by atoms with E-state index in [0.29, 0.717) is 11.3 Å². The summed E-state index contributed by atoms with van der Waals surface area (Å²) in [5.41, 5.74) is 14.1. The van der Waals surface area contributed by atoms with Gasteiger partial charge in [0.15, 0.2) is 0 Å². The van der Waals surface area contributed by atoms with Crippen molar-refractivity contribution >= 4 is 5.91 Å². The number of benzene rings is 1. The Hall–Kier alpha value is -3.22. The van der Waals surface area contributed by atoms with E-state index in [-0.39, 0.29) is 11.7 Å². The predicted molar refractivity (Wildman–Crippen MR) is 92.7 cm³/mol. The van der Waals surface area contributed by atoms with Crippen molar-refractivity contribution in [3.8, 4) is 11.4 Å². The number of rotatable bonds is 5. The molecule has 0 aliphatic rings. The Kier molecular flexibility index (Phi) is 5.26. The van der Waals surface area contributed by atoms with Gasteiger partial charge in [-0.25, -0.2) is 4.68 Å². The number of allylic oxidation sites excluding steroid dienone is 2. The lowest BCUT2D eigenvalue weighted by atomic mass is 10.1. The first-order chi connectivity index (χ1) is 11.5. The zero-order chi connectivity index (χ0) is 17.7. The molecule has 2 aromatic rings. The molecule has 1 aromatic heterocycles. The average molecular weight is 327 g/mol. The zero-order valence-corrected chi connectivity index (χ0v) is 13.9. The van der Waals surface area contributed by atoms with Crippen molar-refractivity contribution in [3.05, 3.63) is 65.4 Å². The fourth-order valence-corrected chi connectivity index (χ4v) is 2.09. The summed E-state index contributed by atoms with van der Waals surface area (Å²) in [6.45, 7) is 3.93. The molecule has 2 rings (SSSR count). The van der Waals surface area contributed by atoms with Crippen LogP contribution in [0.25, 0.3) is 5.69 Å². The summed E-state index contributed by atoms with van der Waals surface area (Å²) in [6, 6.07) is 5.21. The monoisotopic (exact) mass is 327 g/mol. The van der Waals surface area contributed by atoms with Crippen molar-refractivity contribution in [1.29, 1.82) is 0 Å². The van der Waals surface area contributed by atoms with Crippen LogP contribution in [0, 0.1) is 13.8 Å². The van der Waals surface area contributed by atoms with E-state index in [1.165, 1.54) is 25.5 Å². The van der Waals surface area contributed by atoms with Crippen LogP contribution in [-0.2, 0) is 0 Å². The molecule has 5 N–H and O–H groups in total. The molecule has 0 saturated carbocycles. The molecule has 0 fully saturated rings. The highest BCUT2D eigenvalue weighted by Crippen LogP contribution is 2.23. The summed E-state index contributed by atoms with van der Waals surface area (Å²) < 4.78 is 7.08. The van der Waals surface area contributed by atoms with E-state index < -0.39 is 0 Å². The summed E-state index contributed by atoms with van der Waals surface area (Å²) in [5, 5.41) is 6.99. The third kappa shape index (κ3) is 3.75. The number of nitrogens with one attached hydrogen (secondary N) is 1. The van der Waals surface area contributed by atoms with Crippen molar-refractivity contribution in [2.75, 3.05) is 7.11 Å². The first-order valence-corrected chi connectivity index (χ1v) is 7.33. The average Bonchev–Trinajstić information content (AvgIpc) is 2.91. The molecular weight excluding hydrogens is 306 g/mol. The molecular formula is C17H21N5O2. The highest BCUT2D eigenvalue weighted by atomic mass is 16.5. The first-order valence-electron chi connectivity index (χ1n) is 7.33. The van der Waals surface area contributed by atoms with Gasteiger partial charge in [-0.05, 0) is 49.9 Å². The molecule has 1 amide bonds. The molecule has 0 aliphatic carbocycles. The number of nitrogens with two attached hydrogens (primary N) is 2. The van der Waals surface area contributed by atoms with Crippen LogP contribution in [-0.4, -0.2) is 22.8 Å². The molecule has 0 unspecified atom stereocenters. The number of methoxy groups -OCH3 is 1. The molecule has 1 aromatic carbocycles. The van der Waals surface area contributed by atoms with Gasteiger partial charge in [0.1, 0.15) is 11.6 Å². The van der Waals surface area contributed by atoms with Gasteiger partial charge in [0.2, 0.25) is 0 Å². The standard InChI is InChI=1S/C17H21N5O2/c1-11-10-22(21-12(11)2)13-6-7-14(15(9-13)24-3)17(23)20-16(19)5-4-8-18/h4-10H,18-19H2,1-3H3,(H,20,23)/b8-4-,16-5+. The van der Waals surface area contributed by atoms with Gasteiger partial charge in [0.05, 0.1) is 24.1 Å². The van der Waals surface area contributed by atoms with Crippen molar-refractivity contribution in [2.24, 2.45) is 11.5 Å². The van der Waals surface area contributed by atoms with Gasteiger partial charge in [-0.3, -0.25) is 4.79 Å². The molecule has 0 saturated heterocycles. The van der Waals surface area contributed by atoms with Crippen LogP contribution in [0.4, 0.5) is 0 Å². The molecule has 7 nitrogen and oxygen atoms in total. The van der Waals surface area contributed by atoms with Crippen LogP contribution >= 0.6 is 0 Å². The normalized spacial score (nSPS) is 11.7. The van der Waals surface area contributed by atoms with E-state index in [1.807, 2.05) is 20.0 Å². The van der Waals surface area contributed by atoms with Gasteiger partial charge in [0.25, 0.3) is 5.91 Å². The minimum absolute atomic E-state index is 0.186. The van der Waals surface area contributed by atoms with Crippen LogP contribution in [0.1, 0.15) is 21.6 Å². The summed E-state index contributed by atoms with van der Waals surface area (Å²) in [4.78, 5) is 12.3. The summed E-state index contributed by atoms with van der Waals surface area (Å²) >= 11 is 0. The van der Waals surface area contributed by atoms with E-state index in [0.717, 1.165) is 16.9 Å². The van der Waals surface area contributed by atoms with Crippen LogP contribution in [0.3, 0.4) is 0 Å². The molecule has 0 aliphatic heterocycles. The molecule has 0 spiro atoms. The largest absolute Gasteiger partial charge is 0.496 e. The van der Waals surface area contributed by atoms with Gasteiger partial charge >= 0.3 is 0 Å². The predicted octanol–water partition coefficient (Wildman–Crippen LogP) is 1.50. The highest BCUT2D eigenvalue weighted by Gasteiger charge is 2.14. The quantitative estimate of drug-likeness (QED) is 0.721. The smallest absolute Gasteiger partial charge is 0.260 e. The maximum atomic E-state index is 12.3. The molecule has 0 bridgehead atoms. The fourth-order valence-electron chi connectivity index (χ4n) is 2.09. The van der Waals surface area contributed by atoms with E-state index in [9.17, 15) is 4.79 Å². The molecule has 7 heteroatoms. The van der Waals surface area contributed by atoms with Gasteiger partial charge in [0, 0.05) is 12.3 Å². The Labute approximate surface area is 140 Å². The summed E-state index contributed by atoms with van der Waals surface area (Å²) in [6.07, 6.45) is 6.26. The number of amides is 1. The molecule has 0 radical (unpaired) electrons. The van der Waals surface area contributed by atoms with E-state index in [4.69, 9.17) is 16.2 Å². The Morgan fingerprint density at radius 3 is 2.71 bits per heavy atom. The number of hydrogen-bond donors (Lipinski definition) is 3. The van der Waals surface area contributed by atoms with Crippen molar-refractivity contribution < 1.29 is 9.53 Å². The van der Waals surface area contributed by atoms with Crippen molar-refractivity contribution in [3.63, 3.8) is 0 Å². The van der Waals surface area contributed by atoms with Crippen LogP contribution in [0.15, 0.2) is 48.6 Å². The summed E-state index contributed by atoms with van der Waals surface area (Å²) in [7, 11) is 1.51. The Balaban J connectivity index is 2.30. The topological polar surface area (TPSA) is 108 Å². The second-order valence-electron chi connectivity index (χ2n) is 5.19.